The van der Waals surface area contributed by atoms with Gasteiger partial charge in [0.05, 0.1) is 0 Å². The molecule has 0 amide bonds. The van der Waals surface area contributed by atoms with E-state index in [1.165, 1.54) is 44.5 Å². The highest BCUT2D eigenvalue weighted by Gasteiger charge is 2.20. The largest absolute Gasteiger partial charge is 0.0622 e. The van der Waals surface area contributed by atoms with Crippen molar-refractivity contribution in [3.8, 4) is 0 Å². The molecule has 2 aromatic carbocycles. The first-order chi connectivity index (χ1) is 9.09. The summed E-state index contributed by atoms with van der Waals surface area (Å²) in [6.45, 7) is 9.01. The first-order valence-electron chi connectivity index (χ1n) is 6.95. The van der Waals surface area contributed by atoms with Crippen molar-refractivity contribution < 1.29 is 0 Å². The van der Waals surface area contributed by atoms with Gasteiger partial charge in [-0.15, -0.1) is 0 Å². The summed E-state index contributed by atoms with van der Waals surface area (Å²) in [6.07, 6.45) is 3.46. The van der Waals surface area contributed by atoms with Crippen molar-refractivity contribution in [1.29, 1.82) is 0 Å². The Bertz CT molecular complexity index is 673. The van der Waals surface area contributed by atoms with Gasteiger partial charge in [0, 0.05) is 0 Å². The van der Waals surface area contributed by atoms with Crippen LogP contribution in [0.2, 0.25) is 0 Å². The molecule has 0 bridgehead atoms. The second kappa shape index (κ2) is 4.38. The minimum absolute atomic E-state index is 1.08. The highest BCUT2D eigenvalue weighted by molar-refractivity contribution is 5.90. The van der Waals surface area contributed by atoms with E-state index in [1.54, 1.807) is 0 Å². The maximum atomic E-state index is 2.39. The average Bonchev–Trinajstić information content (AvgIpc) is 2.89. The van der Waals surface area contributed by atoms with E-state index in [2.05, 4.69) is 64.1 Å². The lowest BCUT2D eigenvalue weighted by Crippen LogP contribution is -1.99. The molecular weight excluding hydrogens is 228 g/mol. The molecule has 96 valence electrons. The number of hydrogen-bond donors (Lipinski definition) is 0. The SMILES string of the molecule is Cc1c(C)c(C)c2c(c1C)C=C(c1ccccc1)C2. The van der Waals surface area contributed by atoms with Crippen LogP contribution >= 0.6 is 0 Å². The van der Waals surface area contributed by atoms with Crippen molar-refractivity contribution in [3.63, 3.8) is 0 Å². The molecule has 0 saturated carbocycles. The number of benzene rings is 2. The Morgan fingerprint density at radius 2 is 1.37 bits per heavy atom. The first kappa shape index (κ1) is 12.2. The van der Waals surface area contributed by atoms with Crippen LogP contribution in [0.5, 0.6) is 0 Å². The standard InChI is InChI=1S/C19H20/c1-12-13(2)15(4)19-11-17(10-18(19)14(12)3)16-8-6-5-7-9-16/h5-10H,11H2,1-4H3. The van der Waals surface area contributed by atoms with Gasteiger partial charge in [-0.3, -0.25) is 0 Å². The molecule has 0 heteroatoms. The van der Waals surface area contributed by atoms with E-state index < -0.39 is 0 Å². The number of fused-ring (bicyclic) bond motifs is 1. The summed E-state index contributed by atoms with van der Waals surface area (Å²) in [5.41, 5.74) is 11.6. The van der Waals surface area contributed by atoms with Crippen LogP contribution in [-0.4, -0.2) is 0 Å². The van der Waals surface area contributed by atoms with E-state index in [0.29, 0.717) is 0 Å². The highest BCUT2D eigenvalue weighted by atomic mass is 14.2. The van der Waals surface area contributed by atoms with Crippen molar-refractivity contribution in [2.75, 3.05) is 0 Å². The fourth-order valence-electron chi connectivity index (χ4n) is 3.10. The molecule has 0 nitrogen and oxygen atoms in total. The van der Waals surface area contributed by atoms with Gasteiger partial charge in [0.1, 0.15) is 0 Å². The van der Waals surface area contributed by atoms with Crippen LogP contribution in [0.25, 0.3) is 11.6 Å². The van der Waals surface area contributed by atoms with Gasteiger partial charge >= 0.3 is 0 Å². The normalized spacial score (nSPS) is 13.4. The van der Waals surface area contributed by atoms with Crippen LogP contribution in [0.4, 0.5) is 0 Å². The Labute approximate surface area is 115 Å². The third-order valence-corrected chi connectivity index (χ3v) is 4.70. The van der Waals surface area contributed by atoms with E-state index >= 15 is 0 Å². The minimum Gasteiger partial charge on any atom is -0.0622 e. The summed E-state index contributed by atoms with van der Waals surface area (Å²) >= 11 is 0. The summed E-state index contributed by atoms with van der Waals surface area (Å²) in [4.78, 5) is 0. The highest BCUT2D eigenvalue weighted by Crippen LogP contribution is 2.38. The molecule has 1 aliphatic carbocycles. The van der Waals surface area contributed by atoms with Crippen LogP contribution in [0, 0.1) is 27.7 Å². The van der Waals surface area contributed by atoms with Gasteiger partial charge in [-0.1, -0.05) is 36.4 Å². The van der Waals surface area contributed by atoms with Gasteiger partial charge in [-0.25, -0.2) is 0 Å². The number of rotatable bonds is 1. The lowest BCUT2D eigenvalue weighted by Gasteiger charge is -2.15. The van der Waals surface area contributed by atoms with Crippen molar-refractivity contribution in [2.24, 2.45) is 0 Å². The molecule has 0 spiro atoms. The fraction of sp³-hybridized carbons (Fsp3) is 0.263. The average molecular weight is 248 g/mol. The predicted molar refractivity (Wildman–Crippen MR) is 83.4 cm³/mol. The van der Waals surface area contributed by atoms with Crippen molar-refractivity contribution in [3.05, 3.63) is 69.3 Å². The van der Waals surface area contributed by atoms with E-state index in [-0.39, 0.29) is 0 Å². The predicted octanol–water partition coefficient (Wildman–Crippen LogP) is 5.02. The Balaban J connectivity index is 2.15. The van der Waals surface area contributed by atoms with Crippen LogP contribution in [-0.2, 0) is 6.42 Å². The molecule has 0 atom stereocenters. The van der Waals surface area contributed by atoms with Crippen LogP contribution in [0.3, 0.4) is 0 Å². The molecule has 0 aliphatic heterocycles. The molecule has 0 aromatic heterocycles. The molecule has 0 fully saturated rings. The molecule has 0 radical (unpaired) electrons. The fourth-order valence-corrected chi connectivity index (χ4v) is 3.10. The Kier molecular flexibility index (Phi) is 2.82. The molecule has 0 unspecified atom stereocenters. The zero-order chi connectivity index (χ0) is 13.6. The zero-order valence-corrected chi connectivity index (χ0v) is 12.2. The maximum absolute atomic E-state index is 2.39. The monoisotopic (exact) mass is 248 g/mol. The van der Waals surface area contributed by atoms with E-state index in [0.717, 1.165) is 6.42 Å². The topological polar surface area (TPSA) is 0 Å². The summed E-state index contributed by atoms with van der Waals surface area (Å²) in [6, 6.07) is 10.7. The third kappa shape index (κ3) is 1.83. The lowest BCUT2D eigenvalue weighted by atomic mass is 9.90. The lowest BCUT2D eigenvalue weighted by molar-refractivity contribution is 1.14. The van der Waals surface area contributed by atoms with Gasteiger partial charge in [-0.05, 0) is 78.6 Å². The molecular formula is C19H20. The van der Waals surface area contributed by atoms with Crippen molar-refractivity contribution in [1.82, 2.24) is 0 Å². The van der Waals surface area contributed by atoms with Gasteiger partial charge in [-0.2, -0.15) is 0 Å². The van der Waals surface area contributed by atoms with Gasteiger partial charge < -0.3 is 0 Å². The molecule has 1 aliphatic rings. The van der Waals surface area contributed by atoms with E-state index in [9.17, 15) is 0 Å². The summed E-state index contributed by atoms with van der Waals surface area (Å²) in [5.74, 6) is 0. The smallest absolute Gasteiger partial charge is 0.00108 e. The van der Waals surface area contributed by atoms with Crippen molar-refractivity contribution >= 4 is 11.6 Å². The van der Waals surface area contributed by atoms with Gasteiger partial charge in [0.15, 0.2) is 0 Å². The second-order valence-corrected chi connectivity index (χ2v) is 5.60. The van der Waals surface area contributed by atoms with Gasteiger partial charge in [0.2, 0.25) is 0 Å². The molecule has 19 heavy (non-hydrogen) atoms. The maximum Gasteiger partial charge on any atom is -0.00108 e. The number of hydrogen-bond acceptors (Lipinski definition) is 0. The minimum atomic E-state index is 1.08. The summed E-state index contributed by atoms with van der Waals surface area (Å²) in [5, 5.41) is 0. The second-order valence-electron chi connectivity index (χ2n) is 5.60. The molecule has 0 N–H and O–H groups in total. The molecule has 0 heterocycles. The number of allylic oxidation sites excluding steroid dienone is 1. The van der Waals surface area contributed by atoms with E-state index in [4.69, 9.17) is 0 Å². The molecule has 2 aromatic rings. The quantitative estimate of drug-likeness (QED) is 0.665. The van der Waals surface area contributed by atoms with Crippen LogP contribution < -0.4 is 0 Å². The van der Waals surface area contributed by atoms with Gasteiger partial charge in [0.25, 0.3) is 0 Å². The first-order valence-corrected chi connectivity index (χ1v) is 6.95. The zero-order valence-electron chi connectivity index (χ0n) is 12.2. The summed E-state index contributed by atoms with van der Waals surface area (Å²) < 4.78 is 0. The third-order valence-electron chi connectivity index (χ3n) is 4.70. The Morgan fingerprint density at radius 1 is 0.737 bits per heavy atom. The van der Waals surface area contributed by atoms with E-state index in [1.807, 2.05) is 0 Å². The van der Waals surface area contributed by atoms with Crippen molar-refractivity contribution in [2.45, 2.75) is 34.1 Å². The van der Waals surface area contributed by atoms with Crippen LogP contribution in [0.1, 0.15) is 38.9 Å². The summed E-state index contributed by atoms with van der Waals surface area (Å²) in [7, 11) is 0. The van der Waals surface area contributed by atoms with Crippen LogP contribution in [0.15, 0.2) is 30.3 Å². The molecule has 0 saturated heterocycles. The molecule has 3 rings (SSSR count). The Morgan fingerprint density at radius 3 is 2.05 bits per heavy atom. The Hall–Kier alpha value is -1.82.